The second kappa shape index (κ2) is 5.96. The van der Waals surface area contributed by atoms with Crippen LogP contribution in [-0.2, 0) is 12.8 Å². The highest BCUT2D eigenvalue weighted by molar-refractivity contribution is 5.56. The zero-order valence-corrected chi connectivity index (χ0v) is 12.3. The van der Waals surface area contributed by atoms with Gasteiger partial charge in [-0.2, -0.15) is 0 Å². The first-order chi connectivity index (χ1) is 9.15. The van der Waals surface area contributed by atoms with Gasteiger partial charge in [0.15, 0.2) is 5.82 Å². The Kier molecular flexibility index (Phi) is 4.31. The van der Waals surface area contributed by atoms with Crippen LogP contribution in [0.4, 0.5) is 0 Å². The molecule has 0 spiro atoms. The Hall–Kier alpha value is -1.70. The van der Waals surface area contributed by atoms with E-state index in [-0.39, 0.29) is 0 Å². The first-order valence-electron chi connectivity index (χ1n) is 7.09. The zero-order chi connectivity index (χ0) is 13.8. The molecule has 0 aliphatic heterocycles. The minimum Gasteiger partial charge on any atom is -0.233 e. The third-order valence-electron chi connectivity index (χ3n) is 3.53. The van der Waals surface area contributed by atoms with Gasteiger partial charge in [0.25, 0.3) is 0 Å². The summed E-state index contributed by atoms with van der Waals surface area (Å²) in [5.74, 6) is 0.843. The summed E-state index contributed by atoms with van der Waals surface area (Å²) < 4.78 is 0. The van der Waals surface area contributed by atoms with Gasteiger partial charge in [0, 0.05) is 17.0 Å². The van der Waals surface area contributed by atoms with Crippen molar-refractivity contribution in [3.63, 3.8) is 0 Å². The maximum Gasteiger partial charge on any atom is 0.159 e. The van der Waals surface area contributed by atoms with Crippen LogP contribution in [0.1, 0.15) is 42.8 Å². The van der Waals surface area contributed by atoms with E-state index >= 15 is 0 Å². The molecule has 2 heteroatoms. The second-order valence-corrected chi connectivity index (χ2v) is 5.00. The molecule has 0 radical (unpaired) electrons. The molecule has 0 saturated heterocycles. The summed E-state index contributed by atoms with van der Waals surface area (Å²) in [6.07, 6.45) is 3.31. The molecule has 0 N–H and O–H groups in total. The molecule has 2 rings (SSSR count). The van der Waals surface area contributed by atoms with Crippen molar-refractivity contribution in [3.8, 4) is 11.4 Å². The molecule has 19 heavy (non-hydrogen) atoms. The monoisotopic (exact) mass is 254 g/mol. The SMILES string of the molecule is CCCc1ccc(-c2nc(C)c(CC)c(C)n2)cc1. The van der Waals surface area contributed by atoms with E-state index in [1.54, 1.807) is 0 Å². The maximum absolute atomic E-state index is 4.64. The van der Waals surface area contributed by atoms with Crippen LogP contribution in [0, 0.1) is 13.8 Å². The standard InChI is InChI=1S/C17H22N2/c1-5-7-14-8-10-15(11-9-14)17-18-12(3)16(6-2)13(4)19-17/h8-11H,5-7H2,1-4H3. The Morgan fingerprint density at radius 3 is 1.95 bits per heavy atom. The van der Waals surface area contributed by atoms with Gasteiger partial charge in [-0.05, 0) is 37.8 Å². The van der Waals surface area contributed by atoms with Crippen LogP contribution in [0.2, 0.25) is 0 Å². The molecule has 2 nitrogen and oxygen atoms in total. The van der Waals surface area contributed by atoms with Gasteiger partial charge in [-0.3, -0.25) is 0 Å². The lowest BCUT2D eigenvalue weighted by Gasteiger charge is -2.09. The summed E-state index contributed by atoms with van der Waals surface area (Å²) in [5.41, 5.74) is 5.95. The fraction of sp³-hybridized carbons (Fsp3) is 0.412. The quantitative estimate of drug-likeness (QED) is 0.814. The highest BCUT2D eigenvalue weighted by Gasteiger charge is 2.08. The summed E-state index contributed by atoms with van der Waals surface area (Å²) in [4.78, 5) is 9.28. The predicted octanol–water partition coefficient (Wildman–Crippen LogP) is 4.28. The first-order valence-corrected chi connectivity index (χ1v) is 7.09. The Morgan fingerprint density at radius 2 is 1.47 bits per heavy atom. The molecule has 0 atom stereocenters. The lowest BCUT2D eigenvalue weighted by atomic mass is 10.1. The molecule has 0 bridgehead atoms. The van der Waals surface area contributed by atoms with Gasteiger partial charge in [0.2, 0.25) is 0 Å². The molecule has 0 saturated carbocycles. The lowest BCUT2D eigenvalue weighted by Crippen LogP contribution is -2.01. The van der Waals surface area contributed by atoms with Crippen LogP contribution in [0.3, 0.4) is 0 Å². The van der Waals surface area contributed by atoms with E-state index in [4.69, 9.17) is 0 Å². The minimum absolute atomic E-state index is 0.843. The van der Waals surface area contributed by atoms with Crippen molar-refractivity contribution in [3.05, 3.63) is 46.8 Å². The van der Waals surface area contributed by atoms with E-state index in [1.807, 2.05) is 0 Å². The molecule has 0 unspecified atom stereocenters. The summed E-state index contributed by atoms with van der Waals surface area (Å²) in [5, 5.41) is 0. The average molecular weight is 254 g/mol. The summed E-state index contributed by atoms with van der Waals surface area (Å²) in [6, 6.07) is 8.62. The summed E-state index contributed by atoms with van der Waals surface area (Å²) in [7, 11) is 0. The van der Waals surface area contributed by atoms with Crippen molar-refractivity contribution >= 4 is 0 Å². The molecule has 0 aliphatic carbocycles. The predicted molar refractivity (Wildman–Crippen MR) is 80.3 cm³/mol. The molecule has 1 aromatic carbocycles. The van der Waals surface area contributed by atoms with Crippen molar-refractivity contribution in [1.29, 1.82) is 0 Å². The lowest BCUT2D eigenvalue weighted by molar-refractivity contribution is 0.921. The van der Waals surface area contributed by atoms with Crippen molar-refractivity contribution in [1.82, 2.24) is 9.97 Å². The van der Waals surface area contributed by atoms with Gasteiger partial charge >= 0.3 is 0 Å². The van der Waals surface area contributed by atoms with Crippen LogP contribution in [0.5, 0.6) is 0 Å². The molecule has 2 aromatic rings. The van der Waals surface area contributed by atoms with Crippen molar-refractivity contribution in [2.24, 2.45) is 0 Å². The summed E-state index contributed by atoms with van der Waals surface area (Å²) >= 11 is 0. The third kappa shape index (κ3) is 3.01. The van der Waals surface area contributed by atoms with Gasteiger partial charge in [0.1, 0.15) is 0 Å². The van der Waals surface area contributed by atoms with E-state index in [0.717, 1.165) is 35.6 Å². The Labute approximate surface area is 115 Å². The van der Waals surface area contributed by atoms with Gasteiger partial charge in [-0.1, -0.05) is 44.5 Å². The zero-order valence-electron chi connectivity index (χ0n) is 12.3. The number of hydrogen-bond acceptors (Lipinski definition) is 2. The van der Waals surface area contributed by atoms with Crippen molar-refractivity contribution < 1.29 is 0 Å². The fourth-order valence-corrected chi connectivity index (χ4v) is 2.49. The van der Waals surface area contributed by atoms with E-state index in [0.29, 0.717) is 0 Å². The minimum atomic E-state index is 0.843. The molecule has 0 amide bonds. The number of rotatable bonds is 4. The maximum atomic E-state index is 4.64. The van der Waals surface area contributed by atoms with Crippen LogP contribution in [0.25, 0.3) is 11.4 Å². The molecular weight excluding hydrogens is 232 g/mol. The van der Waals surface area contributed by atoms with Crippen LogP contribution in [0.15, 0.2) is 24.3 Å². The van der Waals surface area contributed by atoms with Crippen LogP contribution >= 0.6 is 0 Å². The Balaban J connectivity index is 2.36. The largest absolute Gasteiger partial charge is 0.233 e. The Bertz CT molecular complexity index is 533. The van der Waals surface area contributed by atoms with E-state index in [9.17, 15) is 0 Å². The molecule has 1 heterocycles. The number of nitrogens with zero attached hydrogens (tertiary/aromatic N) is 2. The second-order valence-electron chi connectivity index (χ2n) is 5.00. The van der Waals surface area contributed by atoms with Gasteiger partial charge in [-0.25, -0.2) is 9.97 Å². The van der Waals surface area contributed by atoms with Gasteiger partial charge in [0.05, 0.1) is 0 Å². The topological polar surface area (TPSA) is 25.8 Å². The highest BCUT2D eigenvalue weighted by Crippen LogP contribution is 2.20. The Morgan fingerprint density at radius 1 is 0.895 bits per heavy atom. The van der Waals surface area contributed by atoms with Gasteiger partial charge < -0.3 is 0 Å². The fourth-order valence-electron chi connectivity index (χ4n) is 2.49. The molecule has 0 aliphatic rings. The molecule has 1 aromatic heterocycles. The highest BCUT2D eigenvalue weighted by atomic mass is 14.9. The third-order valence-corrected chi connectivity index (χ3v) is 3.53. The van der Waals surface area contributed by atoms with E-state index in [1.165, 1.54) is 17.5 Å². The van der Waals surface area contributed by atoms with E-state index < -0.39 is 0 Å². The van der Waals surface area contributed by atoms with Gasteiger partial charge in [-0.15, -0.1) is 0 Å². The summed E-state index contributed by atoms with van der Waals surface area (Å²) in [6.45, 7) is 8.50. The first kappa shape index (κ1) is 13.7. The number of aromatic nitrogens is 2. The number of benzene rings is 1. The van der Waals surface area contributed by atoms with Crippen molar-refractivity contribution in [2.45, 2.75) is 47.0 Å². The van der Waals surface area contributed by atoms with Crippen LogP contribution < -0.4 is 0 Å². The molecular formula is C17H22N2. The molecule has 100 valence electrons. The smallest absolute Gasteiger partial charge is 0.159 e. The van der Waals surface area contributed by atoms with Crippen molar-refractivity contribution in [2.75, 3.05) is 0 Å². The normalized spacial score (nSPS) is 10.7. The molecule has 0 fully saturated rings. The number of hydrogen-bond donors (Lipinski definition) is 0. The van der Waals surface area contributed by atoms with E-state index in [2.05, 4.69) is 61.9 Å². The van der Waals surface area contributed by atoms with Crippen LogP contribution in [-0.4, -0.2) is 9.97 Å². The number of aryl methyl sites for hydroxylation is 3. The average Bonchev–Trinajstić information content (AvgIpc) is 2.39.